The van der Waals surface area contributed by atoms with E-state index < -0.39 is 5.97 Å². The van der Waals surface area contributed by atoms with Crippen LogP contribution in [0.1, 0.15) is 10.5 Å². The molecule has 1 N–H and O–H groups in total. The van der Waals surface area contributed by atoms with Crippen LogP contribution in [0.15, 0.2) is 36.4 Å². The summed E-state index contributed by atoms with van der Waals surface area (Å²) in [4.78, 5) is 11.7. The zero-order valence-corrected chi connectivity index (χ0v) is 15.8. The standard InChI is InChI=1S/C19H19N3O6/c1-25-13-7-5-12(6-8-13)22-17(16(19(23)24)20-21-22)11-9-14(26-2)18(28-4)15(10-11)27-3/h5-10H,1-4H3,(H,23,24). The molecule has 0 amide bonds. The van der Waals surface area contributed by atoms with E-state index >= 15 is 0 Å². The molecule has 0 bridgehead atoms. The molecule has 3 aromatic rings. The van der Waals surface area contributed by atoms with E-state index in [1.807, 2.05) is 0 Å². The fourth-order valence-corrected chi connectivity index (χ4v) is 2.81. The lowest BCUT2D eigenvalue weighted by atomic mass is 10.1. The van der Waals surface area contributed by atoms with Crippen LogP contribution in [0.25, 0.3) is 16.9 Å². The highest BCUT2D eigenvalue weighted by Crippen LogP contribution is 2.42. The van der Waals surface area contributed by atoms with Crippen LogP contribution in [-0.2, 0) is 0 Å². The second-order valence-electron chi connectivity index (χ2n) is 5.62. The van der Waals surface area contributed by atoms with Gasteiger partial charge >= 0.3 is 5.97 Å². The molecule has 0 atom stereocenters. The van der Waals surface area contributed by atoms with Crippen molar-refractivity contribution in [3.8, 4) is 39.9 Å². The number of ether oxygens (including phenoxy) is 4. The summed E-state index contributed by atoms with van der Waals surface area (Å²) >= 11 is 0. The van der Waals surface area contributed by atoms with E-state index in [0.29, 0.717) is 34.2 Å². The first-order chi connectivity index (χ1) is 13.5. The lowest BCUT2D eigenvalue weighted by Crippen LogP contribution is -2.04. The van der Waals surface area contributed by atoms with Gasteiger partial charge in [-0.2, -0.15) is 0 Å². The quantitative estimate of drug-likeness (QED) is 0.662. The van der Waals surface area contributed by atoms with Gasteiger partial charge in [-0.3, -0.25) is 0 Å². The summed E-state index contributed by atoms with van der Waals surface area (Å²) in [6, 6.07) is 10.3. The summed E-state index contributed by atoms with van der Waals surface area (Å²) in [5.41, 5.74) is 1.18. The maximum Gasteiger partial charge on any atom is 0.358 e. The first-order valence-corrected chi connectivity index (χ1v) is 8.17. The molecule has 0 spiro atoms. The lowest BCUT2D eigenvalue weighted by Gasteiger charge is -2.15. The number of hydrogen-bond donors (Lipinski definition) is 1. The second-order valence-corrected chi connectivity index (χ2v) is 5.62. The Bertz CT molecular complexity index is 972. The number of carboxylic acid groups (broad SMARTS) is 1. The van der Waals surface area contributed by atoms with E-state index in [4.69, 9.17) is 18.9 Å². The maximum absolute atomic E-state index is 11.7. The molecule has 146 valence electrons. The van der Waals surface area contributed by atoms with Crippen LogP contribution in [0, 0.1) is 0 Å². The molecule has 0 aliphatic carbocycles. The van der Waals surface area contributed by atoms with E-state index in [1.54, 1.807) is 43.5 Å². The molecule has 1 heterocycles. The summed E-state index contributed by atoms with van der Waals surface area (Å²) in [5.74, 6) is 0.626. The molecule has 0 fully saturated rings. The van der Waals surface area contributed by atoms with Crippen LogP contribution < -0.4 is 18.9 Å². The molecule has 9 nitrogen and oxygen atoms in total. The summed E-state index contributed by atoms with van der Waals surface area (Å²) in [7, 11) is 6.02. The molecular weight excluding hydrogens is 366 g/mol. The number of benzene rings is 2. The summed E-state index contributed by atoms with van der Waals surface area (Å²) in [6.45, 7) is 0. The van der Waals surface area contributed by atoms with E-state index in [-0.39, 0.29) is 11.4 Å². The number of aromatic carboxylic acids is 1. The first kappa shape index (κ1) is 19.0. The zero-order chi connectivity index (χ0) is 20.3. The number of aromatic nitrogens is 3. The van der Waals surface area contributed by atoms with Crippen LogP contribution in [-0.4, -0.2) is 54.5 Å². The number of methoxy groups -OCH3 is 4. The van der Waals surface area contributed by atoms with E-state index in [1.165, 1.54) is 26.0 Å². The molecule has 9 heteroatoms. The van der Waals surface area contributed by atoms with Gasteiger partial charge < -0.3 is 24.1 Å². The zero-order valence-electron chi connectivity index (χ0n) is 15.8. The monoisotopic (exact) mass is 385 g/mol. The predicted molar refractivity (Wildman–Crippen MR) is 100.0 cm³/mol. The maximum atomic E-state index is 11.7. The molecule has 0 aliphatic rings. The Morgan fingerprint density at radius 1 is 0.929 bits per heavy atom. The molecule has 2 aromatic carbocycles. The van der Waals surface area contributed by atoms with Crippen LogP contribution in [0.5, 0.6) is 23.0 Å². The van der Waals surface area contributed by atoms with Gasteiger partial charge in [0.1, 0.15) is 11.4 Å². The fourth-order valence-electron chi connectivity index (χ4n) is 2.81. The van der Waals surface area contributed by atoms with Crippen molar-refractivity contribution in [2.45, 2.75) is 0 Å². The predicted octanol–water partition coefficient (Wildman–Crippen LogP) is 2.67. The third-order valence-corrected chi connectivity index (χ3v) is 4.13. The average molecular weight is 385 g/mol. The molecule has 0 aliphatic heterocycles. The topological polar surface area (TPSA) is 105 Å². The minimum Gasteiger partial charge on any atom is -0.497 e. The number of carbonyl (C=O) groups is 1. The Morgan fingerprint density at radius 3 is 2.00 bits per heavy atom. The number of hydrogen-bond acceptors (Lipinski definition) is 7. The Labute approximate surface area is 161 Å². The highest BCUT2D eigenvalue weighted by Gasteiger charge is 2.24. The van der Waals surface area contributed by atoms with Crippen molar-refractivity contribution in [1.82, 2.24) is 15.0 Å². The van der Waals surface area contributed by atoms with Gasteiger partial charge in [0.25, 0.3) is 0 Å². The van der Waals surface area contributed by atoms with Gasteiger partial charge in [0.2, 0.25) is 5.75 Å². The summed E-state index contributed by atoms with van der Waals surface area (Å²) in [6.07, 6.45) is 0. The average Bonchev–Trinajstić information content (AvgIpc) is 3.18. The van der Waals surface area contributed by atoms with Gasteiger partial charge in [-0.1, -0.05) is 5.21 Å². The molecule has 3 rings (SSSR count). The van der Waals surface area contributed by atoms with Gasteiger partial charge in [0.15, 0.2) is 17.2 Å². The highest BCUT2D eigenvalue weighted by molar-refractivity contribution is 5.93. The summed E-state index contributed by atoms with van der Waals surface area (Å²) in [5, 5.41) is 17.5. The van der Waals surface area contributed by atoms with Crippen molar-refractivity contribution in [3.63, 3.8) is 0 Å². The Kier molecular flexibility index (Phi) is 5.35. The molecule has 1 aromatic heterocycles. The Morgan fingerprint density at radius 2 is 1.54 bits per heavy atom. The van der Waals surface area contributed by atoms with Crippen molar-refractivity contribution >= 4 is 5.97 Å². The van der Waals surface area contributed by atoms with Crippen molar-refractivity contribution in [2.75, 3.05) is 28.4 Å². The van der Waals surface area contributed by atoms with Crippen molar-refractivity contribution in [2.24, 2.45) is 0 Å². The SMILES string of the molecule is COc1ccc(-n2nnc(C(=O)O)c2-c2cc(OC)c(OC)c(OC)c2)cc1. The Hall–Kier alpha value is -3.75. The minimum atomic E-state index is -1.21. The summed E-state index contributed by atoms with van der Waals surface area (Å²) < 4.78 is 22.7. The van der Waals surface area contributed by atoms with E-state index in [9.17, 15) is 9.90 Å². The van der Waals surface area contributed by atoms with Gasteiger partial charge in [0.05, 0.1) is 34.1 Å². The first-order valence-electron chi connectivity index (χ1n) is 8.17. The molecule has 0 saturated heterocycles. The smallest absolute Gasteiger partial charge is 0.358 e. The Balaban J connectivity index is 2.25. The highest BCUT2D eigenvalue weighted by atomic mass is 16.5. The van der Waals surface area contributed by atoms with Crippen molar-refractivity contribution in [3.05, 3.63) is 42.1 Å². The van der Waals surface area contributed by atoms with Crippen LogP contribution >= 0.6 is 0 Å². The molecule has 0 unspecified atom stereocenters. The fraction of sp³-hybridized carbons (Fsp3) is 0.211. The normalized spacial score (nSPS) is 10.4. The van der Waals surface area contributed by atoms with Gasteiger partial charge in [-0.15, -0.1) is 5.10 Å². The van der Waals surface area contributed by atoms with Crippen molar-refractivity contribution in [1.29, 1.82) is 0 Å². The van der Waals surface area contributed by atoms with Gasteiger partial charge in [-0.25, -0.2) is 9.48 Å². The lowest BCUT2D eigenvalue weighted by molar-refractivity contribution is 0.0691. The van der Waals surface area contributed by atoms with E-state index in [2.05, 4.69) is 10.3 Å². The molecular formula is C19H19N3O6. The number of rotatable bonds is 7. The largest absolute Gasteiger partial charge is 0.497 e. The van der Waals surface area contributed by atoms with Gasteiger partial charge in [-0.05, 0) is 36.4 Å². The molecule has 0 radical (unpaired) electrons. The third-order valence-electron chi connectivity index (χ3n) is 4.13. The molecule has 28 heavy (non-hydrogen) atoms. The minimum absolute atomic E-state index is 0.204. The van der Waals surface area contributed by atoms with Gasteiger partial charge in [0, 0.05) is 5.56 Å². The van der Waals surface area contributed by atoms with Crippen LogP contribution in [0.2, 0.25) is 0 Å². The van der Waals surface area contributed by atoms with Crippen LogP contribution in [0.3, 0.4) is 0 Å². The molecule has 0 saturated carbocycles. The number of nitrogens with zero attached hydrogens (tertiary/aromatic N) is 3. The third kappa shape index (κ3) is 3.29. The second kappa shape index (κ2) is 7.87. The van der Waals surface area contributed by atoms with Crippen molar-refractivity contribution < 1.29 is 28.8 Å². The van der Waals surface area contributed by atoms with E-state index in [0.717, 1.165) is 0 Å². The number of carboxylic acids is 1. The van der Waals surface area contributed by atoms with Crippen LogP contribution in [0.4, 0.5) is 0 Å².